The molecule has 0 spiro atoms. The molecule has 0 aromatic heterocycles. The van der Waals surface area contributed by atoms with Crippen LogP contribution < -0.4 is 16.0 Å². The van der Waals surface area contributed by atoms with Gasteiger partial charge in [-0.25, -0.2) is 4.79 Å². The van der Waals surface area contributed by atoms with Crippen molar-refractivity contribution in [3.05, 3.63) is 107 Å². The SMILES string of the molecule is CC(C)C[C@H](NC(=O)OCc1ccccc1)C(=O)N[C@@H](Cc1ccccc1)C(=O)C(=O)NCC(O)c1cccc(C(F)(F)F)c1. The van der Waals surface area contributed by atoms with Gasteiger partial charge in [-0.2, -0.15) is 13.2 Å². The van der Waals surface area contributed by atoms with Crippen molar-refractivity contribution >= 4 is 23.7 Å². The number of ketones is 1. The number of alkyl carbamates (subject to hydrolysis) is 1. The summed E-state index contributed by atoms with van der Waals surface area (Å²) in [6, 6.07) is 19.1. The van der Waals surface area contributed by atoms with E-state index in [1.807, 2.05) is 19.9 Å². The van der Waals surface area contributed by atoms with E-state index in [0.29, 0.717) is 5.56 Å². The zero-order valence-corrected chi connectivity index (χ0v) is 24.8. The van der Waals surface area contributed by atoms with Crippen LogP contribution in [0.1, 0.15) is 48.6 Å². The van der Waals surface area contributed by atoms with Crippen LogP contribution >= 0.6 is 0 Å². The molecule has 9 nitrogen and oxygen atoms in total. The van der Waals surface area contributed by atoms with Crippen molar-refractivity contribution in [1.29, 1.82) is 0 Å². The first-order valence-corrected chi connectivity index (χ1v) is 14.3. The Labute approximate surface area is 259 Å². The van der Waals surface area contributed by atoms with Gasteiger partial charge in [-0.05, 0) is 41.2 Å². The smallest absolute Gasteiger partial charge is 0.416 e. The number of ether oxygens (including phenoxy) is 1. The van der Waals surface area contributed by atoms with Crippen LogP contribution in [-0.2, 0) is 38.3 Å². The van der Waals surface area contributed by atoms with Crippen LogP contribution in [0, 0.1) is 5.92 Å². The molecule has 0 heterocycles. The summed E-state index contributed by atoms with van der Waals surface area (Å²) in [5.74, 6) is -2.96. The second-order valence-corrected chi connectivity index (χ2v) is 10.9. The molecule has 3 aromatic rings. The van der Waals surface area contributed by atoms with Gasteiger partial charge < -0.3 is 25.8 Å². The quantitative estimate of drug-likeness (QED) is 0.195. The van der Waals surface area contributed by atoms with Gasteiger partial charge in [0.25, 0.3) is 5.91 Å². The van der Waals surface area contributed by atoms with Crippen molar-refractivity contribution in [2.24, 2.45) is 5.92 Å². The number of Topliss-reactive ketones (excluding diaryl/α,β-unsaturated/α-hetero) is 1. The van der Waals surface area contributed by atoms with Crippen molar-refractivity contribution in [1.82, 2.24) is 16.0 Å². The van der Waals surface area contributed by atoms with Crippen LogP contribution in [-0.4, -0.2) is 47.4 Å². The van der Waals surface area contributed by atoms with Crippen molar-refractivity contribution < 1.29 is 42.2 Å². The number of benzene rings is 3. The number of aliphatic hydroxyl groups is 1. The average molecular weight is 628 g/mol. The predicted molar refractivity (Wildman–Crippen MR) is 160 cm³/mol. The fourth-order valence-corrected chi connectivity index (χ4v) is 4.42. The zero-order chi connectivity index (χ0) is 33.0. The second-order valence-electron chi connectivity index (χ2n) is 10.9. The fraction of sp³-hybridized carbons (Fsp3) is 0.333. The van der Waals surface area contributed by atoms with Crippen molar-refractivity contribution in [3.8, 4) is 0 Å². The minimum Gasteiger partial charge on any atom is -0.445 e. The molecule has 0 aliphatic rings. The highest BCUT2D eigenvalue weighted by molar-refractivity contribution is 6.38. The molecule has 0 saturated heterocycles. The number of carbonyl (C=O) groups is 4. The Morgan fingerprint density at radius 1 is 0.822 bits per heavy atom. The summed E-state index contributed by atoms with van der Waals surface area (Å²) in [5.41, 5.74) is 0.299. The third-order valence-electron chi connectivity index (χ3n) is 6.72. The summed E-state index contributed by atoms with van der Waals surface area (Å²) >= 11 is 0. The lowest BCUT2D eigenvalue weighted by Crippen LogP contribution is -2.55. The monoisotopic (exact) mass is 627 g/mol. The number of hydrogen-bond donors (Lipinski definition) is 4. The molecule has 0 radical (unpaired) electrons. The summed E-state index contributed by atoms with van der Waals surface area (Å²) in [6.07, 6.45) is -6.87. The van der Waals surface area contributed by atoms with E-state index >= 15 is 0 Å². The van der Waals surface area contributed by atoms with E-state index < -0.39 is 60.2 Å². The number of alkyl halides is 3. The standard InChI is InChI=1S/C33H36F3N3O6/c1-21(2)16-27(39-32(44)45-20-23-12-7-4-8-13-23)30(42)38-26(17-22-10-5-3-6-11-22)29(41)31(43)37-19-28(40)24-14-9-15-25(18-24)33(34,35)36/h3-15,18,21,26-28,40H,16-17,19-20H2,1-2H3,(H,37,43)(H,38,42)(H,39,44)/t26-,27-,28?/m0/s1. The number of halogens is 3. The van der Waals surface area contributed by atoms with Gasteiger partial charge in [0.15, 0.2) is 0 Å². The molecule has 12 heteroatoms. The van der Waals surface area contributed by atoms with Crippen LogP contribution in [0.25, 0.3) is 0 Å². The Hall–Kier alpha value is -4.71. The molecule has 0 saturated carbocycles. The molecule has 0 aliphatic carbocycles. The van der Waals surface area contributed by atoms with Crippen LogP contribution in [0.2, 0.25) is 0 Å². The lowest BCUT2D eigenvalue weighted by Gasteiger charge is -2.24. The Bertz CT molecular complexity index is 1430. The van der Waals surface area contributed by atoms with Gasteiger partial charge in [-0.1, -0.05) is 86.6 Å². The van der Waals surface area contributed by atoms with Gasteiger partial charge in [-0.15, -0.1) is 0 Å². The summed E-state index contributed by atoms with van der Waals surface area (Å²) < 4.78 is 44.5. The third-order valence-corrected chi connectivity index (χ3v) is 6.72. The maximum atomic E-state index is 13.4. The van der Waals surface area contributed by atoms with E-state index in [9.17, 15) is 37.5 Å². The predicted octanol–water partition coefficient (Wildman–Crippen LogP) is 4.49. The van der Waals surface area contributed by atoms with E-state index in [4.69, 9.17) is 4.74 Å². The molecule has 45 heavy (non-hydrogen) atoms. The molecule has 3 atom stereocenters. The van der Waals surface area contributed by atoms with E-state index in [0.717, 1.165) is 23.8 Å². The fourth-order valence-electron chi connectivity index (χ4n) is 4.42. The molecule has 4 N–H and O–H groups in total. The highest BCUT2D eigenvalue weighted by Crippen LogP contribution is 2.30. The Kier molecular flexibility index (Phi) is 12.7. The highest BCUT2D eigenvalue weighted by atomic mass is 19.4. The molecule has 3 amide bonds. The number of aliphatic hydroxyl groups excluding tert-OH is 1. The number of nitrogens with one attached hydrogen (secondary N) is 3. The topological polar surface area (TPSA) is 134 Å². The van der Waals surface area contributed by atoms with Gasteiger partial charge in [0.05, 0.1) is 11.7 Å². The molecule has 240 valence electrons. The van der Waals surface area contributed by atoms with E-state index in [1.54, 1.807) is 54.6 Å². The number of amides is 3. The largest absolute Gasteiger partial charge is 0.445 e. The van der Waals surface area contributed by atoms with E-state index in [2.05, 4.69) is 16.0 Å². The summed E-state index contributed by atoms with van der Waals surface area (Å²) in [4.78, 5) is 52.1. The molecule has 0 bridgehead atoms. The van der Waals surface area contributed by atoms with Gasteiger partial charge in [0.2, 0.25) is 11.7 Å². The van der Waals surface area contributed by atoms with Crippen LogP contribution in [0.3, 0.4) is 0 Å². The summed E-state index contributed by atoms with van der Waals surface area (Å²) in [5, 5.41) is 17.7. The first-order valence-electron chi connectivity index (χ1n) is 14.3. The van der Waals surface area contributed by atoms with Crippen LogP contribution in [0.5, 0.6) is 0 Å². The molecule has 3 aromatic carbocycles. The Balaban J connectivity index is 1.70. The normalized spacial score (nSPS) is 13.3. The summed E-state index contributed by atoms with van der Waals surface area (Å²) in [6.45, 7) is 3.10. The van der Waals surface area contributed by atoms with Crippen LogP contribution in [0.4, 0.5) is 18.0 Å². The third kappa shape index (κ3) is 11.4. The Morgan fingerprint density at radius 2 is 1.44 bits per heavy atom. The van der Waals surface area contributed by atoms with E-state index in [-0.39, 0.29) is 30.9 Å². The molecule has 0 fully saturated rings. The number of carbonyl (C=O) groups excluding carboxylic acids is 4. The molecule has 3 rings (SSSR count). The summed E-state index contributed by atoms with van der Waals surface area (Å²) in [7, 11) is 0. The molecular formula is C33H36F3N3O6. The minimum atomic E-state index is -4.63. The highest BCUT2D eigenvalue weighted by Gasteiger charge is 2.33. The van der Waals surface area contributed by atoms with Gasteiger partial charge in [0, 0.05) is 13.0 Å². The first kappa shape index (κ1) is 34.8. The van der Waals surface area contributed by atoms with Gasteiger partial charge in [-0.3, -0.25) is 14.4 Å². The maximum absolute atomic E-state index is 13.4. The van der Waals surface area contributed by atoms with Crippen molar-refractivity contribution in [2.75, 3.05) is 6.54 Å². The van der Waals surface area contributed by atoms with Gasteiger partial charge in [0.1, 0.15) is 18.7 Å². The maximum Gasteiger partial charge on any atom is 0.416 e. The van der Waals surface area contributed by atoms with Crippen LogP contribution in [0.15, 0.2) is 84.9 Å². The van der Waals surface area contributed by atoms with Gasteiger partial charge >= 0.3 is 12.3 Å². The lowest BCUT2D eigenvalue weighted by molar-refractivity contribution is -0.140. The number of hydrogen-bond acceptors (Lipinski definition) is 6. The van der Waals surface area contributed by atoms with Crippen molar-refractivity contribution in [2.45, 2.75) is 57.7 Å². The average Bonchev–Trinajstić information content (AvgIpc) is 3.01. The Morgan fingerprint density at radius 3 is 2.04 bits per heavy atom. The lowest BCUT2D eigenvalue weighted by atomic mass is 9.99. The first-order chi connectivity index (χ1) is 21.3. The number of rotatable bonds is 14. The molecule has 0 aliphatic heterocycles. The van der Waals surface area contributed by atoms with E-state index in [1.165, 1.54) is 6.07 Å². The second kappa shape index (κ2) is 16.4. The zero-order valence-electron chi connectivity index (χ0n) is 24.8. The molecular weight excluding hydrogens is 591 g/mol. The van der Waals surface area contributed by atoms with Crippen molar-refractivity contribution in [3.63, 3.8) is 0 Å². The molecule has 1 unspecified atom stereocenters. The minimum absolute atomic E-state index is 0.0235.